The molecule has 1 rings (SSSR count). The summed E-state index contributed by atoms with van der Waals surface area (Å²) in [5.74, 6) is -1.59. The maximum absolute atomic E-state index is 11.0. The number of rotatable bonds is 4. The van der Waals surface area contributed by atoms with E-state index in [2.05, 4.69) is 10.3 Å². The van der Waals surface area contributed by atoms with Crippen molar-refractivity contribution in [2.24, 2.45) is 0 Å². The Morgan fingerprint density at radius 2 is 2.33 bits per heavy atom. The molecule has 1 heterocycles. The van der Waals surface area contributed by atoms with Gasteiger partial charge in [-0.25, -0.2) is 9.78 Å². The number of carboxylic acids is 1. The van der Waals surface area contributed by atoms with Gasteiger partial charge in [0.1, 0.15) is 0 Å². The van der Waals surface area contributed by atoms with Crippen LogP contribution < -0.4 is 5.32 Å². The van der Waals surface area contributed by atoms with Crippen LogP contribution in [-0.2, 0) is 16.1 Å². The van der Waals surface area contributed by atoms with Crippen LogP contribution in [0.15, 0.2) is 17.5 Å². The second kappa shape index (κ2) is 5.26. The molecule has 1 aromatic heterocycles. The van der Waals surface area contributed by atoms with E-state index in [1.165, 1.54) is 11.3 Å². The van der Waals surface area contributed by atoms with E-state index in [4.69, 9.17) is 5.11 Å². The number of hydrogen-bond donors (Lipinski definition) is 2. The van der Waals surface area contributed by atoms with Crippen LogP contribution in [0.4, 0.5) is 0 Å². The minimum Gasteiger partial charge on any atom is -0.478 e. The Kier molecular flexibility index (Phi) is 3.99. The number of carbonyl (C=O) groups is 2. The average molecular weight is 226 g/mol. The van der Waals surface area contributed by atoms with Crippen LogP contribution in [0.3, 0.4) is 0 Å². The number of carbonyl (C=O) groups excluding carboxylic acids is 1. The van der Waals surface area contributed by atoms with E-state index in [1.807, 2.05) is 12.3 Å². The van der Waals surface area contributed by atoms with Crippen molar-refractivity contribution in [2.75, 3.05) is 0 Å². The summed E-state index contributed by atoms with van der Waals surface area (Å²) >= 11 is 1.50. The zero-order valence-electron chi connectivity index (χ0n) is 8.06. The molecule has 0 aliphatic rings. The number of aromatic nitrogens is 1. The van der Waals surface area contributed by atoms with Crippen LogP contribution in [0.5, 0.6) is 0 Å². The highest BCUT2D eigenvalue weighted by atomic mass is 32.1. The van der Waals surface area contributed by atoms with Gasteiger partial charge < -0.3 is 10.4 Å². The molecular weight excluding hydrogens is 216 g/mol. The third kappa shape index (κ3) is 4.37. The molecule has 0 aliphatic heterocycles. The lowest BCUT2D eigenvalue weighted by Gasteiger charge is -1.97. The van der Waals surface area contributed by atoms with Crippen LogP contribution in [0.25, 0.3) is 0 Å². The highest BCUT2D eigenvalue weighted by Gasteiger charge is 2.00. The maximum Gasteiger partial charge on any atom is 0.328 e. The lowest BCUT2D eigenvalue weighted by atomic mass is 10.4. The van der Waals surface area contributed by atoms with E-state index in [1.54, 1.807) is 0 Å². The lowest BCUT2D eigenvalue weighted by Crippen LogP contribution is -2.20. The van der Waals surface area contributed by atoms with Gasteiger partial charge in [0.2, 0.25) is 5.91 Å². The van der Waals surface area contributed by atoms with Gasteiger partial charge in [0.15, 0.2) is 0 Å². The van der Waals surface area contributed by atoms with Crippen LogP contribution in [-0.4, -0.2) is 22.0 Å². The second-order valence-electron chi connectivity index (χ2n) is 2.75. The highest BCUT2D eigenvalue weighted by Crippen LogP contribution is 2.06. The van der Waals surface area contributed by atoms with Crippen molar-refractivity contribution in [3.8, 4) is 0 Å². The fourth-order valence-electron chi connectivity index (χ4n) is 0.873. The Bertz CT molecular complexity index is 398. The Hall–Kier alpha value is -1.69. The Labute approximate surface area is 90.5 Å². The summed E-state index contributed by atoms with van der Waals surface area (Å²) in [7, 11) is 0. The average Bonchev–Trinajstić information content (AvgIpc) is 2.58. The number of nitrogens with one attached hydrogen (secondary N) is 1. The molecule has 5 nitrogen and oxygen atoms in total. The fourth-order valence-corrected chi connectivity index (χ4v) is 1.49. The molecule has 0 bridgehead atoms. The Morgan fingerprint density at radius 3 is 2.87 bits per heavy atom. The van der Waals surface area contributed by atoms with Crippen LogP contribution in [0.2, 0.25) is 0 Å². The van der Waals surface area contributed by atoms with Crippen molar-refractivity contribution in [2.45, 2.75) is 13.5 Å². The van der Waals surface area contributed by atoms with Crippen molar-refractivity contribution in [3.63, 3.8) is 0 Å². The van der Waals surface area contributed by atoms with Crippen LogP contribution >= 0.6 is 11.3 Å². The van der Waals surface area contributed by atoms with E-state index in [9.17, 15) is 9.59 Å². The third-order valence-electron chi connectivity index (χ3n) is 1.49. The highest BCUT2D eigenvalue weighted by molar-refractivity contribution is 7.09. The third-order valence-corrected chi connectivity index (χ3v) is 2.31. The molecule has 0 saturated carbocycles. The second-order valence-corrected chi connectivity index (χ2v) is 3.81. The van der Waals surface area contributed by atoms with Crippen molar-refractivity contribution in [1.29, 1.82) is 0 Å². The minimum absolute atomic E-state index is 0.313. The predicted molar refractivity (Wildman–Crippen MR) is 55.5 cm³/mol. The van der Waals surface area contributed by atoms with E-state index >= 15 is 0 Å². The molecule has 0 spiro atoms. The molecule has 80 valence electrons. The number of aliphatic carboxylic acids is 1. The number of hydrogen-bond acceptors (Lipinski definition) is 4. The number of aryl methyl sites for hydroxylation is 1. The number of amides is 1. The summed E-state index contributed by atoms with van der Waals surface area (Å²) in [4.78, 5) is 25.3. The monoisotopic (exact) mass is 226 g/mol. The van der Waals surface area contributed by atoms with Crippen molar-refractivity contribution < 1.29 is 14.7 Å². The van der Waals surface area contributed by atoms with Crippen molar-refractivity contribution in [1.82, 2.24) is 10.3 Å². The standard InChI is InChI=1S/C9H10N2O3S/c1-6-11-7(5-15-6)4-10-8(12)2-3-9(13)14/h2-3,5H,4H2,1H3,(H,10,12)(H,13,14). The molecule has 0 aromatic carbocycles. The van der Waals surface area contributed by atoms with E-state index in [0.717, 1.165) is 22.9 Å². The molecule has 0 radical (unpaired) electrons. The summed E-state index contributed by atoms with van der Waals surface area (Å²) < 4.78 is 0. The van der Waals surface area contributed by atoms with Gasteiger partial charge in [-0.3, -0.25) is 4.79 Å². The van der Waals surface area contributed by atoms with Crippen molar-refractivity contribution >= 4 is 23.2 Å². The molecule has 1 aromatic rings. The van der Waals surface area contributed by atoms with Gasteiger partial charge in [-0.1, -0.05) is 0 Å². The molecule has 0 unspecified atom stereocenters. The maximum atomic E-state index is 11.0. The van der Waals surface area contributed by atoms with Gasteiger partial charge >= 0.3 is 5.97 Å². The first kappa shape index (κ1) is 11.4. The number of carboxylic acid groups (broad SMARTS) is 1. The van der Waals surface area contributed by atoms with Gasteiger partial charge in [0.05, 0.1) is 17.2 Å². The zero-order chi connectivity index (χ0) is 11.3. The minimum atomic E-state index is -1.14. The van der Waals surface area contributed by atoms with Gasteiger partial charge in [-0.15, -0.1) is 11.3 Å². The Morgan fingerprint density at radius 1 is 1.60 bits per heavy atom. The van der Waals surface area contributed by atoms with E-state index < -0.39 is 11.9 Å². The fraction of sp³-hybridized carbons (Fsp3) is 0.222. The normalized spacial score (nSPS) is 10.5. The molecule has 0 aliphatic carbocycles. The smallest absolute Gasteiger partial charge is 0.328 e. The lowest BCUT2D eigenvalue weighted by molar-refractivity contribution is -0.131. The summed E-state index contributed by atoms with van der Waals surface area (Å²) in [6.45, 7) is 2.19. The first-order valence-electron chi connectivity index (χ1n) is 4.18. The summed E-state index contributed by atoms with van der Waals surface area (Å²) in [6, 6.07) is 0. The molecule has 0 saturated heterocycles. The topological polar surface area (TPSA) is 79.3 Å². The Balaban J connectivity index is 2.37. The predicted octanol–water partition coefficient (Wildman–Crippen LogP) is 0.709. The molecule has 1 amide bonds. The van der Waals surface area contributed by atoms with Crippen LogP contribution in [0, 0.1) is 6.92 Å². The number of nitrogens with zero attached hydrogens (tertiary/aromatic N) is 1. The number of thiazole rings is 1. The molecule has 2 N–H and O–H groups in total. The molecule has 6 heteroatoms. The van der Waals surface area contributed by atoms with Gasteiger partial charge in [-0.05, 0) is 6.92 Å². The first-order chi connectivity index (χ1) is 7.08. The molecule has 15 heavy (non-hydrogen) atoms. The van der Waals surface area contributed by atoms with Crippen molar-refractivity contribution in [3.05, 3.63) is 28.2 Å². The van der Waals surface area contributed by atoms with Crippen LogP contribution in [0.1, 0.15) is 10.7 Å². The van der Waals surface area contributed by atoms with Gasteiger partial charge in [-0.2, -0.15) is 0 Å². The molecule has 0 fully saturated rings. The zero-order valence-corrected chi connectivity index (χ0v) is 8.87. The largest absolute Gasteiger partial charge is 0.478 e. The van der Waals surface area contributed by atoms with E-state index in [0.29, 0.717) is 6.54 Å². The summed E-state index contributed by atoms with van der Waals surface area (Å²) in [6.07, 6.45) is 1.77. The summed E-state index contributed by atoms with van der Waals surface area (Å²) in [5.41, 5.74) is 0.773. The SMILES string of the molecule is Cc1nc(CNC(=O)C=CC(=O)O)cs1. The van der Waals surface area contributed by atoms with E-state index in [-0.39, 0.29) is 0 Å². The molecule has 0 atom stereocenters. The van der Waals surface area contributed by atoms with Gasteiger partial charge in [0.25, 0.3) is 0 Å². The van der Waals surface area contributed by atoms with Gasteiger partial charge in [0, 0.05) is 17.5 Å². The summed E-state index contributed by atoms with van der Waals surface area (Å²) in [5, 5.41) is 13.6. The molecular formula is C9H10N2O3S. The quantitative estimate of drug-likeness (QED) is 0.741. The first-order valence-corrected chi connectivity index (χ1v) is 5.06.